The van der Waals surface area contributed by atoms with Gasteiger partial charge in [0.2, 0.25) is 0 Å². The molecule has 0 amide bonds. The van der Waals surface area contributed by atoms with Crippen LogP contribution in [0, 0.1) is 0 Å². The van der Waals surface area contributed by atoms with Gasteiger partial charge in [0.1, 0.15) is 5.78 Å². The van der Waals surface area contributed by atoms with Gasteiger partial charge in [0.25, 0.3) is 0 Å². The molecule has 0 spiro atoms. The summed E-state index contributed by atoms with van der Waals surface area (Å²) in [6, 6.07) is 2.06. The van der Waals surface area contributed by atoms with E-state index in [-0.39, 0.29) is 5.92 Å². The molecule has 2 aliphatic rings. The Kier molecular flexibility index (Phi) is 1.03. The van der Waals surface area contributed by atoms with Crippen LogP contribution in [-0.4, -0.2) is 10.8 Å². The van der Waals surface area contributed by atoms with Gasteiger partial charge in [0, 0.05) is 24.7 Å². The van der Waals surface area contributed by atoms with Gasteiger partial charge in [-0.05, 0) is 29.5 Å². The van der Waals surface area contributed by atoms with E-state index in [0.29, 0.717) is 11.7 Å². The number of ketones is 1. The molecule has 1 saturated carbocycles. The summed E-state index contributed by atoms with van der Waals surface area (Å²) in [7, 11) is 0. The maximum absolute atomic E-state index is 11.4. The second kappa shape index (κ2) is 1.94. The lowest BCUT2D eigenvalue weighted by atomic mass is 9.93. The summed E-state index contributed by atoms with van der Waals surface area (Å²) in [6.45, 7) is 0. The minimum atomic E-state index is 0.193. The van der Waals surface area contributed by atoms with E-state index < -0.39 is 0 Å². The largest absolute Gasteiger partial charge is 0.299 e. The number of rotatable bonds is 0. The van der Waals surface area contributed by atoms with E-state index >= 15 is 0 Å². The van der Waals surface area contributed by atoms with Crippen LogP contribution in [0.25, 0.3) is 0 Å². The molecular formula is C10H9NO. The lowest BCUT2D eigenvalue weighted by Crippen LogP contribution is -2.08. The lowest BCUT2D eigenvalue weighted by Gasteiger charge is -2.12. The van der Waals surface area contributed by atoms with Crippen molar-refractivity contribution in [3.63, 3.8) is 0 Å². The van der Waals surface area contributed by atoms with Gasteiger partial charge in [-0.15, -0.1) is 0 Å². The minimum absolute atomic E-state index is 0.193. The number of nitrogens with zero attached hydrogens (tertiary/aromatic N) is 1. The highest BCUT2D eigenvalue weighted by molar-refractivity contribution is 5.91. The highest BCUT2D eigenvalue weighted by atomic mass is 16.1. The van der Waals surface area contributed by atoms with Gasteiger partial charge in [0.05, 0.1) is 0 Å². The number of fused-ring (bicyclic) bond motifs is 5. The molecule has 0 aliphatic heterocycles. The maximum Gasteiger partial charge on any atom is 0.141 e. The first-order chi connectivity index (χ1) is 5.86. The molecule has 2 nitrogen and oxygen atoms in total. The lowest BCUT2D eigenvalue weighted by molar-refractivity contribution is -0.118. The van der Waals surface area contributed by atoms with Crippen LogP contribution in [0.15, 0.2) is 18.5 Å². The Hall–Kier alpha value is -1.18. The minimum Gasteiger partial charge on any atom is -0.299 e. The van der Waals surface area contributed by atoms with Crippen LogP contribution in [0.5, 0.6) is 0 Å². The van der Waals surface area contributed by atoms with Crippen LogP contribution in [-0.2, 0) is 4.79 Å². The molecule has 1 aromatic rings. The number of aromatic nitrogens is 1. The molecule has 2 aliphatic carbocycles. The third-order valence-electron chi connectivity index (χ3n) is 3.06. The van der Waals surface area contributed by atoms with E-state index in [9.17, 15) is 4.79 Å². The second-order valence-corrected chi connectivity index (χ2v) is 3.66. The number of Topliss-reactive ketones (excluding diaryl/α,β-unsaturated/α-hetero) is 1. The Balaban J connectivity index is 2.23. The Morgan fingerprint density at radius 2 is 2.33 bits per heavy atom. The highest BCUT2D eigenvalue weighted by Crippen LogP contribution is 2.50. The fourth-order valence-corrected chi connectivity index (χ4v) is 2.50. The number of hydrogen-bond donors (Lipinski definition) is 0. The molecule has 1 heterocycles. The van der Waals surface area contributed by atoms with E-state index in [1.165, 1.54) is 11.1 Å². The van der Waals surface area contributed by atoms with Crippen LogP contribution < -0.4 is 0 Å². The fourth-order valence-electron chi connectivity index (χ4n) is 2.50. The molecule has 1 aromatic heterocycles. The Morgan fingerprint density at radius 1 is 1.42 bits per heavy atom. The van der Waals surface area contributed by atoms with Gasteiger partial charge in [-0.2, -0.15) is 0 Å². The van der Waals surface area contributed by atoms with E-state index in [1.54, 1.807) is 0 Å². The Morgan fingerprint density at radius 3 is 3.25 bits per heavy atom. The number of carbonyl (C=O) groups is 1. The summed E-state index contributed by atoms with van der Waals surface area (Å²) in [5.74, 6) is 1.12. The van der Waals surface area contributed by atoms with Gasteiger partial charge in [0.15, 0.2) is 0 Å². The second-order valence-electron chi connectivity index (χ2n) is 3.66. The van der Waals surface area contributed by atoms with Gasteiger partial charge in [-0.25, -0.2) is 0 Å². The first-order valence-electron chi connectivity index (χ1n) is 4.33. The van der Waals surface area contributed by atoms with Crippen molar-refractivity contribution in [1.82, 2.24) is 4.98 Å². The van der Waals surface area contributed by atoms with Gasteiger partial charge < -0.3 is 0 Å². The summed E-state index contributed by atoms with van der Waals surface area (Å²) < 4.78 is 0. The molecule has 2 bridgehead atoms. The summed E-state index contributed by atoms with van der Waals surface area (Å²) >= 11 is 0. The molecule has 0 radical (unpaired) electrons. The Bertz CT molecular complexity index is 359. The van der Waals surface area contributed by atoms with Crippen molar-refractivity contribution >= 4 is 5.78 Å². The normalized spacial score (nSPS) is 30.8. The molecule has 60 valence electrons. The summed E-state index contributed by atoms with van der Waals surface area (Å²) in [5.41, 5.74) is 2.56. The molecule has 12 heavy (non-hydrogen) atoms. The Labute approximate surface area is 70.6 Å². The standard InChI is InChI=1S/C10H9NO/c12-10-4-6-3-8(10)9-5-11-2-1-7(6)9/h1-2,5-6,8H,3-4H2. The molecule has 3 rings (SSSR count). The molecule has 2 atom stereocenters. The molecule has 0 N–H and O–H groups in total. The predicted octanol–water partition coefficient (Wildman–Crippen LogP) is 1.63. The highest BCUT2D eigenvalue weighted by Gasteiger charge is 2.42. The average molecular weight is 159 g/mol. The van der Waals surface area contributed by atoms with Crippen molar-refractivity contribution < 1.29 is 4.79 Å². The number of hydrogen-bond acceptors (Lipinski definition) is 2. The zero-order chi connectivity index (χ0) is 8.13. The van der Waals surface area contributed by atoms with Crippen LogP contribution in [0.1, 0.15) is 35.8 Å². The predicted molar refractivity (Wildman–Crippen MR) is 44.0 cm³/mol. The maximum atomic E-state index is 11.4. The van der Waals surface area contributed by atoms with Crippen molar-refractivity contribution in [2.75, 3.05) is 0 Å². The van der Waals surface area contributed by atoms with E-state index in [2.05, 4.69) is 11.1 Å². The third-order valence-corrected chi connectivity index (χ3v) is 3.06. The van der Waals surface area contributed by atoms with Crippen molar-refractivity contribution in [3.05, 3.63) is 29.6 Å². The molecule has 0 aromatic carbocycles. The molecule has 2 heteroatoms. The first kappa shape index (κ1) is 6.35. The first-order valence-corrected chi connectivity index (χ1v) is 4.33. The molecule has 1 fully saturated rings. The smallest absolute Gasteiger partial charge is 0.141 e. The third kappa shape index (κ3) is 0.607. The van der Waals surface area contributed by atoms with Crippen LogP contribution in [0.4, 0.5) is 0 Å². The van der Waals surface area contributed by atoms with Crippen LogP contribution in [0.2, 0.25) is 0 Å². The van der Waals surface area contributed by atoms with Crippen molar-refractivity contribution in [1.29, 1.82) is 0 Å². The van der Waals surface area contributed by atoms with Crippen molar-refractivity contribution in [2.45, 2.75) is 24.7 Å². The van der Waals surface area contributed by atoms with Crippen molar-refractivity contribution in [3.8, 4) is 0 Å². The van der Waals surface area contributed by atoms with Gasteiger partial charge in [-0.3, -0.25) is 9.78 Å². The van der Waals surface area contributed by atoms with E-state index in [0.717, 1.165) is 12.8 Å². The van der Waals surface area contributed by atoms with Crippen LogP contribution >= 0.6 is 0 Å². The quantitative estimate of drug-likeness (QED) is 0.575. The molecular weight excluding hydrogens is 150 g/mol. The molecule has 2 unspecified atom stereocenters. The monoisotopic (exact) mass is 159 g/mol. The topological polar surface area (TPSA) is 30.0 Å². The number of pyridine rings is 1. The van der Waals surface area contributed by atoms with E-state index in [4.69, 9.17) is 0 Å². The zero-order valence-electron chi connectivity index (χ0n) is 6.66. The fraction of sp³-hybridized carbons (Fsp3) is 0.400. The van der Waals surface area contributed by atoms with Crippen molar-refractivity contribution in [2.24, 2.45) is 0 Å². The average Bonchev–Trinajstić information content (AvgIpc) is 2.62. The molecule has 0 saturated heterocycles. The summed E-state index contributed by atoms with van der Waals surface area (Å²) in [5, 5.41) is 0. The summed E-state index contributed by atoms with van der Waals surface area (Å²) in [6.07, 6.45) is 5.49. The van der Waals surface area contributed by atoms with Gasteiger partial charge >= 0.3 is 0 Å². The summed E-state index contributed by atoms with van der Waals surface area (Å²) in [4.78, 5) is 15.4. The SMILES string of the molecule is O=C1CC2CC1c1cnccc12. The zero-order valence-corrected chi connectivity index (χ0v) is 6.66. The van der Waals surface area contributed by atoms with Crippen LogP contribution in [0.3, 0.4) is 0 Å². The van der Waals surface area contributed by atoms with E-state index in [1.807, 2.05) is 12.4 Å². The van der Waals surface area contributed by atoms with Gasteiger partial charge in [-0.1, -0.05) is 0 Å². The number of carbonyl (C=O) groups excluding carboxylic acids is 1.